The number of carbonyl (C=O) groups is 2. The first-order valence-corrected chi connectivity index (χ1v) is 14.9. The van der Waals surface area contributed by atoms with E-state index in [4.69, 9.17) is 11.6 Å². The van der Waals surface area contributed by atoms with Crippen molar-refractivity contribution in [1.82, 2.24) is 10.2 Å². The van der Waals surface area contributed by atoms with Gasteiger partial charge >= 0.3 is 0 Å². The highest BCUT2D eigenvalue weighted by Crippen LogP contribution is 2.26. The summed E-state index contributed by atoms with van der Waals surface area (Å²) in [7, 11) is -4.13. The molecule has 3 aromatic rings. The van der Waals surface area contributed by atoms with Crippen LogP contribution in [-0.2, 0) is 26.2 Å². The third kappa shape index (κ3) is 7.83. The lowest BCUT2D eigenvalue weighted by Crippen LogP contribution is -2.52. The molecule has 0 aromatic heterocycles. The summed E-state index contributed by atoms with van der Waals surface area (Å²) in [6.07, 6.45) is 1.14. The summed E-state index contributed by atoms with van der Waals surface area (Å²) >= 11 is 6.00. The van der Waals surface area contributed by atoms with Crippen LogP contribution in [0.25, 0.3) is 0 Å². The van der Waals surface area contributed by atoms with E-state index in [9.17, 15) is 18.0 Å². The Morgan fingerprint density at radius 3 is 2.18 bits per heavy atom. The van der Waals surface area contributed by atoms with Crippen LogP contribution in [0.2, 0.25) is 5.02 Å². The average Bonchev–Trinajstić information content (AvgIpc) is 2.91. The fourth-order valence-corrected chi connectivity index (χ4v) is 5.75. The molecule has 0 saturated carbocycles. The largest absolute Gasteiger partial charge is 0.354 e. The van der Waals surface area contributed by atoms with Gasteiger partial charge in [0.2, 0.25) is 11.8 Å². The van der Waals surface area contributed by atoms with Gasteiger partial charge in [0.25, 0.3) is 10.0 Å². The Morgan fingerprint density at radius 2 is 1.59 bits per heavy atom. The Bertz CT molecular complexity index is 1380. The van der Waals surface area contributed by atoms with Crippen molar-refractivity contribution < 1.29 is 18.0 Å². The van der Waals surface area contributed by atoms with E-state index in [0.29, 0.717) is 23.7 Å². The number of rotatable bonds is 12. The van der Waals surface area contributed by atoms with Crippen LogP contribution in [0.4, 0.5) is 5.69 Å². The Labute approximate surface area is 236 Å². The lowest BCUT2D eigenvalue weighted by molar-refractivity contribution is -0.140. The number of amides is 2. The first-order chi connectivity index (χ1) is 18.6. The van der Waals surface area contributed by atoms with Gasteiger partial charge in [-0.1, -0.05) is 67.4 Å². The molecule has 9 heteroatoms. The lowest BCUT2D eigenvalue weighted by Gasteiger charge is -2.33. The van der Waals surface area contributed by atoms with Crippen LogP contribution in [0, 0.1) is 13.8 Å². The van der Waals surface area contributed by atoms with Gasteiger partial charge in [-0.05, 0) is 74.2 Å². The third-order valence-corrected chi connectivity index (χ3v) is 8.42. The topological polar surface area (TPSA) is 86.8 Å². The zero-order valence-corrected chi connectivity index (χ0v) is 24.4. The number of nitrogens with zero attached hydrogens (tertiary/aromatic N) is 2. The maximum Gasteiger partial charge on any atom is 0.264 e. The minimum Gasteiger partial charge on any atom is -0.354 e. The van der Waals surface area contributed by atoms with Gasteiger partial charge in [0.1, 0.15) is 12.6 Å². The molecule has 1 unspecified atom stereocenters. The van der Waals surface area contributed by atoms with Gasteiger partial charge in [0.15, 0.2) is 0 Å². The number of carbonyl (C=O) groups excluding carboxylic acids is 2. The molecule has 0 bridgehead atoms. The van der Waals surface area contributed by atoms with E-state index >= 15 is 0 Å². The molecule has 0 heterocycles. The molecule has 0 fully saturated rings. The van der Waals surface area contributed by atoms with Gasteiger partial charge in [-0.3, -0.25) is 13.9 Å². The molecule has 3 aromatic carbocycles. The van der Waals surface area contributed by atoms with Crippen LogP contribution in [0.3, 0.4) is 0 Å². The predicted octanol–water partition coefficient (Wildman–Crippen LogP) is 5.49. The molecule has 0 spiro atoms. The van der Waals surface area contributed by atoms with Gasteiger partial charge in [-0.15, -0.1) is 0 Å². The zero-order chi connectivity index (χ0) is 28.6. The summed E-state index contributed by atoms with van der Waals surface area (Å²) in [6.45, 7) is 7.81. The van der Waals surface area contributed by atoms with Crippen molar-refractivity contribution in [3.63, 3.8) is 0 Å². The van der Waals surface area contributed by atoms with E-state index in [1.54, 1.807) is 18.2 Å². The highest BCUT2D eigenvalue weighted by Gasteiger charge is 2.33. The van der Waals surface area contributed by atoms with Crippen molar-refractivity contribution >= 4 is 39.1 Å². The number of benzene rings is 3. The maximum absolute atomic E-state index is 14.0. The Morgan fingerprint density at radius 1 is 0.923 bits per heavy atom. The molecule has 0 aliphatic rings. The minimum absolute atomic E-state index is 0.0130. The summed E-state index contributed by atoms with van der Waals surface area (Å²) in [4.78, 5) is 28.6. The first-order valence-electron chi connectivity index (χ1n) is 13.0. The molecule has 0 radical (unpaired) electrons. The number of sulfonamides is 1. The van der Waals surface area contributed by atoms with Crippen LogP contribution < -0.4 is 9.62 Å². The van der Waals surface area contributed by atoms with Gasteiger partial charge < -0.3 is 10.2 Å². The van der Waals surface area contributed by atoms with Crippen LogP contribution in [0.1, 0.15) is 43.4 Å². The smallest absolute Gasteiger partial charge is 0.264 e. The number of hydrogen-bond donors (Lipinski definition) is 1. The second kappa shape index (κ2) is 13.6. The molecular formula is C30H36ClN3O4S. The van der Waals surface area contributed by atoms with Crippen LogP contribution >= 0.6 is 11.6 Å². The molecule has 208 valence electrons. The standard InChI is InChI=1S/C30H36ClN3O4S/c1-5-18-32-30(36)28(6-2)33(20-24-12-10-22(3)11-13-24)29(35)21-34(26-9-7-8-23(4)19-26)39(37,38)27-16-14-25(31)15-17-27/h7-17,19,28H,5-6,18,20-21H2,1-4H3,(H,32,36). The average molecular weight is 570 g/mol. The summed E-state index contributed by atoms with van der Waals surface area (Å²) in [5.41, 5.74) is 3.12. The SMILES string of the molecule is CCCNC(=O)C(CC)N(Cc1ccc(C)cc1)C(=O)CN(c1cccc(C)c1)S(=O)(=O)c1ccc(Cl)cc1. The van der Waals surface area contributed by atoms with Crippen molar-refractivity contribution in [3.8, 4) is 0 Å². The van der Waals surface area contributed by atoms with E-state index in [-0.39, 0.29) is 17.3 Å². The second-order valence-corrected chi connectivity index (χ2v) is 11.8. The van der Waals surface area contributed by atoms with Crippen LogP contribution in [-0.4, -0.2) is 44.3 Å². The molecule has 0 aliphatic heterocycles. The normalized spacial score (nSPS) is 12.0. The molecule has 0 aliphatic carbocycles. The second-order valence-electron chi connectivity index (χ2n) is 9.53. The fourth-order valence-electron chi connectivity index (χ4n) is 4.22. The van der Waals surface area contributed by atoms with Crippen LogP contribution in [0.15, 0.2) is 77.7 Å². The van der Waals surface area contributed by atoms with Gasteiger partial charge in [-0.2, -0.15) is 0 Å². The zero-order valence-electron chi connectivity index (χ0n) is 22.9. The highest BCUT2D eigenvalue weighted by atomic mass is 35.5. The van der Waals surface area contributed by atoms with Crippen molar-refractivity contribution in [3.05, 3.63) is 94.5 Å². The molecule has 1 atom stereocenters. The number of hydrogen-bond acceptors (Lipinski definition) is 4. The molecule has 7 nitrogen and oxygen atoms in total. The highest BCUT2D eigenvalue weighted by molar-refractivity contribution is 7.92. The lowest BCUT2D eigenvalue weighted by atomic mass is 10.1. The predicted molar refractivity (Wildman–Crippen MR) is 156 cm³/mol. The monoisotopic (exact) mass is 569 g/mol. The molecule has 2 amide bonds. The van der Waals surface area contributed by atoms with Gasteiger partial charge in [-0.25, -0.2) is 8.42 Å². The van der Waals surface area contributed by atoms with E-state index in [1.807, 2.05) is 58.0 Å². The summed E-state index contributed by atoms with van der Waals surface area (Å²) in [6, 6.07) is 19.8. The van der Waals surface area contributed by atoms with Gasteiger partial charge in [0, 0.05) is 18.1 Å². The van der Waals surface area contributed by atoms with Crippen molar-refractivity contribution in [2.45, 2.75) is 58.0 Å². The summed E-state index contributed by atoms with van der Waals surface area (Å²) in [5, 5.41) is 3.29. The molecule has 1 N–H and O–H groups in total. The van der Waals surface area contributed by atoms with Crippen molar-refractivity contribution in [2.24, 2.45) is 0 Å². The Balaban J connectivity index is 2.04. The van der Waals surface area contributed by atoms with Crippen LogP contribution in [0.5, 0.6) is 0 Å². The molecule has 39 heavy (non-hydrogen) atoms. The third-order valence-electron chi connectivity index (χ3n) is 6.38. The van der Waals surface area contributed by atoms with E-state index in [2.05, 4.69) is 5.32 Å². The van der Waals surface area contributed by atoms with Crippen molar-refractivity contribution in [2.75, 3.05) is 17.4 Å². The summed E-state index contributed by atoms with van der Waals surface area (Å²) in [5.74, 6) is -0.740. The van der Waals surface area contributed by atoms with E-state index < -0.39 is 28.5 Å². The Hall–Kier alpha value is -3.36. The number of anilines is 1. The Kier molecular flexibility index (Phi) is 10.5. The number of nitrogens with one attached hydrogen (secondary N) is 1. The molecule has 3 rings (SSSR count). The van der Waals surface area contributed by atoms with E-state index in [1.165, 1.54) is 29.2 Å². The molecular weight excluding hydrogens is 534 g/mol. The van der Waals surface area contributed by atoms with Gasteiger partial charge in [0.05, 0.1) is 10.6 Å². The van der Waals surface area contributed by atoms with Crippen molar-refractivity contribution in [1.29, 1.82) is 0 Å². The fraction of sp³-hybridized carbons (Fsp3) is 0.333. The molecule has 0 saturated heterocycles. The first kappa shape index (κ1) is 30.2. The minimum atomic E-state index is -4.13. The quantitative estimate of drug-likeness (QED) is 0.313. The number of aryl methyl sites for hydroxylation is 2. The number of halogens is 1. The van der Waals surface area contributed by atoms with E-state index in [0.717, 1.165) is 27.4 Å². The maximum atomic E-state index is 14.0. The summed E-state index contributed by atoms with van der Waals surface area (Å²) < 4.78 is 28.8.